The van der Waals surface area contributed by atoms with Crippen LogP contribution in [0.3, 0.4) is 0 Å². The zero-order chi connectivity index (χ0) is 57.7. The highest BCUT2D eigenvalue weighted by Gasteiger charge is 2.48. The molecule has 0 aromatic heterocycles. The van der Waals surface area contributed by atoms with Crippen molar-refractivity contribution in [2.45, 2.75) is 132 Å². The maximum absolute atomic E-state index is 2.60. The molecule has 0 bridgehead atoms. The predicted molar refractivity (Wildman–Crippen MR) is 347 cm³/mol. The first-order valence-corrected chi connectivity index (χ1v) is 29.5. The van der Waals surface area contributed by atoms with E-state index >= 15 is 0 Å². The Bertz CT molecular complexity index is 3510. The zero-order valence-corrected chi connectivity index (χ0v) is 51.2. The number of rotatable bonds is 10. The van der Waals surface area contributed by atoms with Crippen LogP contribution in [0.2, 0.25) is 0 Å². The minimum Gasteiger partial charge on any atom is -0.306 e. The molecule has 2 heterocycles. The third-order valence-corrected chi connectivity index (χ3v) is 20.5. The smallest absolute Gasteiger partial charge is 0.0947 e. The van der Waals surface area contributed by atoms with Crippen LogP contribution in [0.5, 0.6) is 0 Å². The lowest BCUT2D eigenvalue weighted by molar-refractivity contribution is 0.249. The summed E-state index contributed by atoms with van der Waals surface area (Å²) in [5.74, 6) is 0. The summed E-state index contributed by atoms with van der Waals surface area (Å²) in [7, 11) is 0. The minimum absolute atomic E-state index is 0.113. The Hall–Kier alpha value is -7.62. The van der Waals surface area contributed by atoms with E-state index in [0.717, 1.165) is 51.2 Å². The highest BCUT2D eigenvalue weighted by Crippen LogP contribution is 2.65. The molecule has 0 radical (unpaired) electrons. The summed E-state index contributed by atoms with van der Waals surface area (Å²) in [5.41, 5.74) is 18.8. The molecule has 0 saturated carbocycles. The van der Waals surface area contributed by atoms with E-state index < -0.39 is 0 Å². The number of hydrogen-bond acceptors (Lipinski definition) is 3. The van der Waals surface area contributed by atoms with Crippen molar-refractivity contribution in [1.82, 2.24) is 0 Å². The normalized spacial score (nSPS) is 16.5. The quantitative estimate of drug-likeness (QED) is 0.135. The Balaban J connectivity index is 1.23. The van der Waals surface area contributed by atoms with Gasteiger partial charge in [-0.3, -0.25) is 0 Å². The SMILES string of the molecule is CC(C)(C)C(C)(c1ccccc1)c1cccc(N2c3cc(C(C)(c4ccccc4)C(C)(C)C)ccc3N3c4ccc(C(C)(c5ccccc5)C(C)(C)C)cc4N(c4cccc(C(C)(c5ccccc5)C(C)(C)C)c4)c4cccc2c43)c1. The van der Waals surface area contributed by atoms with Crippen molar-refractivity contribution in [3.8, 4) is 0 Å². The van der Waals surface area contributed by atoms with Crippen molar-refractivity contribution in [3.05, 3.63) is 269 Å². The van der Waals surface area contributed by atoms with Crippen LogP contribution >= 0.6 is 0 Å². The van der Waals surface area contributed by atoms with E-state index in [2.05, 4.69) is 350 Å². The van der Waals surface area contributed by atoms with Crippen LogP contribution in [0.25, 0.3) is 0 Å². The Morgan fingerprint density at radius 2 is 0.457 bits per heavy atom. The Kier molecular flexibility index (Phi) is 13.3. The zero-order valence-electron chi connectivity index (χ0n) is 51.2. The Morgan fingerprint density at radius 1 is 0.198 bits per heavy atom. The molecule has 9 aromatic rings. The maximum Gasteiger partial charge on any atom is 0.0947 e. The molecule has 3 nitrogen and oxygen atoms in total. The average molecular weight is 1060 g/mol. The van der Waals surface area contributed by atoms with Gasteiger partial charge >= 0.3 is 0 Å². The summed E-state index contributed by atoms with van der Waals surface area (Å²) in [6, 6.07) is 85.3. The fourth-order valence-electron chi connectivity index (χ4n) is 13.8. The predicted octanol–water partition coefficient (Wildman–Crippen LogP) is 22.1. The van der Waals surface area contributed by atoms with Gasteiger partial charge in [-0.2, -0.15) is 0 Å². The van der Waals surface area contributed by atoms with Crippen LogP contribution in [-0.4, -0.2) is 0 Å². The molecule has 4 atom stereocenters. The molecule has 3 heteroatoms. The summed E-state index contributed by atoms with van der Waals surface area (Å²) in [6.07, 6.45) is 0. The van der Waals surface area contributed by atoms with E-state index in [-0.39, 0.29) is 43.3 Å². The highest BCUT2D eigenvalue weighted by molar-refractivity contribution is 6.12. The van der Waals surface area contributed by atoms with Crippen molar-refractivity contribution >= 4 is 51.2 Å². The molecule has 81 heavy (non-hydrogen) atoms. The van der Waals surface area contributed by atoms with Gasteiger partial charge in [0, 0.05) is 33.0 Å². The third-order valence-electron chi connectivity index (χ3n) is 20.5. The molecule has 0 N–H and O–H groups in total. The van der Waals surface area contributed by atoms with Crippen LogP contribution in [0.1, 0.15) is 155 Å². The summed E-state index contributed by atoms with van der Waals surface area (Å²) < 4.78 is 0. The van der Waals surface area contributed by atoms with Crippen molar-refractivity contribution in [3.63, 3.8) is 0 Å². The number of nitrogens with zero attached hydrogens (tertiary/aromatic N) is 3. The summed E-state index contributed by atoms with van der Waals surface area (Å²) in [4.78, 5) is 7.78. The second-order valence-corrected chi connectivity index (χ2v) is 28.1. The molecule has 2 aliphatic rings. The molecule has 2 aliphatic heterocycles. The first-order valence-electron chi connectivity index (χ1n) is 29.5. The highest BCUT2D eigenvalue weighted by atomic mass is 15.3. The standard InChI is InChI=1S/C78H85N3/c1-71(2,3)75(13,54-32-21-17-22-33-54)58-40-29-42-62(50-58)79-66-44-31-45-67-70(66)81(64-48-46-60(52-68(64)79)77(15,73(7,8)9)56-36-25-19-26-37-56)65-49-47-61(78(16,74(10,11)12)57-38-27-20-28-39-57)53-69(65)80(67)63-43-30-41-59(51-63)76(14,72(4,5)6)55-34-23-18-24-35-55/h17-53H,1-16H3. The van der Waals surface area contributed by atoms with Crippen LogP contribution < -0.4 is 14.7 Å². The van der Waals surface area contributed by atoms with Crippen LogP contribution in [-0.2, 0) is 21.7 Å². The number of fused-ring (bicyclic) bond motifs is 4. The molecule has 11 rings (SSSR count). The molecule has 0 fully saturated rings. The summed E-state index contributed by atoms with van der Waals surface area (Å²) in [5, 5.41) is 0. The van der Waals surface area contributed by atoms with Gasteiger partial charge < -0.3 is 14.7 Å². The van der Waals surface area contributed by atoms with Gasteiger partial charge in [0.2, 0.25) is 0 Å². The van der Waals surface area contributed by atoms with Gasteiger partial charge in [0.1, 0.15) is 0 Å². The average Bonchev–Trinajstić information content (AvgIpc) is 3.47. The van der Waals surface area contributed by atoms with Gasteiger partial charge in [-0.15, -0.1) is 0 Å². The van der Waals surface area contributed by atoms with Crippen molar-refractivity contribution in [1.29, 1.82) is 0 Å². The molecule has 4 unspecified atom stereocenters. The topological polar surface area (TPSA) is 9.72 Å². The van der Waals surface area contributed by atoms with E-state index in [1.165, 1.54) is 44.5 Å². The molecule has 9 aromatic carbocycles. The van der Waals surface area contributed by atoms with E-state index in [4.69, 9.17) is 0 Å². The van der Waals surface area contributed by atoms with E-state index in [0.29, 0.717) is 0 Å². The second-order valence-electron chi connectivity index (χ2n) is 28.1. The van der Waals surface area contributed by atoms with Gasteiger partial charge in [0.25, 0.3) is 0 Å². The maximum atomic E-state index is 2.60. The minimum atomic E-state index is -0.344. The Labute approximate surface area is 486 Å². The summed E-state index contributed by atoms with van der Waals surface area (Å²) in [6.45, 7) is 38.5. The van der Waals surface area contributed by atoms with Crippen molar-refractivity contribution in [2.24, 2.45) is 21.7 Å². The summed E-state index contributed by atoms with van der Waals surface area (Å²) >= 11 is 0. The molecular formula is C78H85N3. The first kappa shape index (κ1) is 55.3. The van der Waals surface area contributed by atoms with E-state index in [9.17, 15) is 0 Å². The number of benzene rings is 9. The number of anilines is 9. The second kappa shape index (κ2) is 19.5. The molecule has 0 saturated heterocycles. The van der Waals surface area contributed by atoms with E-state index in [1.807, 2.05) is 0 Å². The molecular weight excluding hydrogens is 979 g/mol. The molecule has 0 spiro atoms. The van der Waals surface area contributed by atoms with Gasteiger partial charge in [0.05, 0.1) is 39.8 Å². The lowest BCUT2D eigenvalue weighted by Gasteiger charge is -2.49. The lowest BCUT2D eigenvalue weighted by Crippen LogP contribution is -2.39. The van der Waals surface area contributed by atoms with Crippen LogP contribution in [0.4, 0.5) is 51.2 Å². The van der Waals surface area contributed by atoms with Crippen molar-refractivity contribution in [2.75, 3.05) is 14.7 Å². The lowest BCUT2D eigenvalue weighted by atomic mass is 9.60. The fraction of sp³-hybridized carbons (Fsp3) is 0.308. The van der Waals surface area contributed by atoms with Gasteiger partial charge in [-0.1, -0.05) is 275 Å². The van der Waals surface area contributed by atoms with Crippen LogP contribution in [0.15, 0.2) is 224 Å². The van der Waals surface area contributed by atoms with Gasteiger partial charge in [-0.25, -0.2) is 0 Å². The largest absolute Gasteiger partial charge is 0.306 e. The number of hydrogen-bond donors (Lipinski definition) is 0. The monoisotopic (exact) mass is 1060 g/mol. The molecule has 0 aliphatic carbocycles. The third kappa shape index (κ3) is 8.58. The molecule has 0 amide bonds. The van der Waals surface area contributed by atoms with E-state index in [1.54, 1.807) is 0 Å². The van der Waals surface area contributed by atoms with Gasteiger partial charge in [0.15, 0.2) is 0 Å². The van der Waals surface area contributed by atoms with Gasteiger partial charge in [-0.05, 0) is 127 Å². The van der Waals surface area contributed by atoms with Crippen molar-refractivity contribution < 1.29 is 0 Å². The first-order chi connectivity index (χ1) is 38.3. The number of para-hydroxylation sites is 1. The molecule has 412 valence electrons. The Morgan fingerprint density at radius 3 is 0.741 bits per heavy atom. The van der Waals surface area contributed by atoms with Crippen LogP contribution in [0, 0.1) is 21.7 Å². The fourth-order valence-corrected chi connectivity index (χ4v) is 13.8.